The van der Waals surface area contributed by atoms with Gasteiger partial charge in [0.05, 0.1) is 22.2 Å². The Bertz CT molecular complexity index is 2400. The summed E-state index contributed by atoms with van der Waals surface area (Å²) in [6, 6.07) is 49.7. The summed E-state index contributed by atoms with van der Waals surface area (Å²) in [6.45, 7) is 4.67. The Morgan fingerprint density at radius 3 is 2.00 bits per heavy atom. The summed E-state index contributed by atoms with van der Waals surface area (Å²) in [5, 5.41) is 3.47. The van der Waals surface area contributed by atoms with Crippen LogP contribution in [0.15, 0.2) is 140 Å². The molecule has 0 unspecified atom stereocenters. The predicted molar refractivity (Wildman–Crippen MR) is 182 cm³/mol. The van der Waals surface area contributed by atoms with E-state index >= 15 is 0 Å². The normalized spacial score (nSPS) is 13.4. The highest BCUT2D eigenvalue weighted by Gasteiger charge is 2.37. The Hall–Kier alpha value is -5.54. The van der Waals surface area contributed by atoms with E-state index in [1.807, 2.05) is 0 Å². The molecule has 3 heteroatoms. The van der Waals surface area contributed by atoms with Gasteiger partial charge in [-0.1, -0.05) is 141 Å². The highest BCUT2D eigenvalue weighted by molar-refractivity contribution is 6.15. The lowest BCUT2D eigenvalue weighted by Gasteiger charge is -2.21. The molecule has 0 amide bonds. The van der Waals surface area contributed by atoms with Crippen LogP contribution in [0.4, 0.5) is 0 Å². The number of benzene rings is 6. The van der Waals surface area contributed by atoms with Crippen molar-refractivity contribution in [2.75, 3.05) is 0 Å². The first kappa shape index (κ1) is 25.0. The molecule has 0 N–H and O–H groups in total. The highest BCUT2D eigenvalue weighted by atomic mass is 15.2. The van der Waals surface area contributed by atoms with Crippen molar-refractivity contribution in [1.29, 1.82) is 0 Å². The maximum atomic E-state index is 5.39. The second-order valence-electron chi connectivity index (χ2n) is 12.2. The molecule has 8 aromatic rings. The number of aromatic nitrogens is 3. The molecule has 0 fully saturated rings. The van der Waals surface area contributed by atoms with Crippen molar-refractivity contribution >= 4 is 32.7 Å². The molecule has 0 saturated heterocycles. The Balaban J connectivity index is 1.35. The molecule has 0 bridgehead atoms. The van der Waals surface area contributed by atoms with E-state index < -0.39 is 0 Å². The number of hydrogen-bond acceptors (Lipinski definition) is 2. The van der Waals surface area contributed by atoms with Crippen LogP contribution in [-0.4, -0.2) is 14.5 Å². The molecule has 0 saturated carbocycles. The number of hydrogen-bond donors (Lipinski definition) is 0. The molecule has 1 aliphatic rings. The predicted octanol–water partition coefficient (Wildman–Crippen LogP) is 10.4. The van der Waals surface area contributed by atoms with E-state index in [2.05, 4.69) is 158 Å². The third kappa shape index (κ3) is 3.50. The van der Waals surface area contributed by atoms with Crippen LogP contribution in [0.2, 0.25) is 0 Å². The van der Waals surface area contributed by atoms with E-state index in [1.54, 1.807) is 0 Å². The van der Waals surface area contributed by atoms with Crippen LogP contribution >= 0.6 is 0 Å². The lowest BCUT2D eigenvalue weighted by Crippen LogP contribution is -2.14. The van der Waals surface area contributed by atoms with Gasteiger partial charge in [-0.3, -0.25) is 4.57 Å². The van der Waals surface area contributed by atoms with E-state index in [-0.39, 0.29) is 5.41 Å². The minimum Gasteiger partial charge on any atom is -0.277 e. The number of rotatable bonds is 3. The quantitative estimate of drug-likeness (QED) is 0.214. The van der Waals surface area contributed by atoms with Crippen LogP contribution in [0.3, 0.4) is 0 Å². The van der Waals surface area contributed by atoms with Crippen LogP contribution in [0.1, 0.15) is 25.0 Å². The van der Waals surface area contributed by atoms with Crippen molar-refractivity contribution in [2.45, 2.75) is 19.3 Å². The van der Waals surface area contributed by atoms with Crippen molar-refractivity contribution in [3.63, 3.8) is 0 Å². The fourth-order valence-corrected chi connectivity index (χ4v) is 7.29. The van der Waals surface area contributed by atoms with Gasteiger partial charge in [0.2, 0.25) is 5.95 Å². The molecule has 2 aromatic heterocycles. The number of para-hydroxylation sites is 2. The molecule has 0 spiro atoms. The van der Waals surface area contributed by atoms with Gasteiger partial charge >= 0.3 is 0 Å². The van der Waals surface area contributed by atoms with Gasteiger partial charge in [0.25, 0.3) is 0 Å². The number of nitrogens with zero attached hydrogens (tertiary/aromatic N) is 3. The molecule has 0 aliphatic heterocycles. The van der Waals surface area contributed by atoms with Crippen molar-refractivity contribution in [1.82, 2.24) is 14.5 Å². The second kappa shape index (κ2) is 9.23. The average Bonchev–Trinajstić information content (AvgIpc) is 3.54. The van der Waals surface area contributed by atoms with E-state index in [4.69, 9.17) is 9.97 Å². The minimum absolute atomic E-state index is 0.0999. The van der Waals surface area contributed by atoms with Gasteiger partial charge in [-0.25, -0.2) is 9.97 Å². The maximum absolute atomic E-state index is 5.39. The third-order valence-corrected chi connectivity index (χ3v) is 9.44. The summed E-state index contributed by atoms with van der Waals surface area (Å²) in [7, 11) is 0. The first-order valence-corrected chi connectivity index (χ1v) is 15.2. The van der Waals surface area contributed by atoms with Gasteiger partial charge in [0.15, 0.2) is 0 Å². The smallest absolute Gasteiger partial charge is 0.235 e. The zero-order chi connectivity index (χ0) is 29.4. The molecule has 6 aromatic carbocycles. The van der Waals surface area contributed by atoms with E-state index in [0.29, 0.717) is 5.95 Å². The molecule has 0 atom stereocenters. The molecular weight excluding hydrogens is 534 g/mol. The maximum Gasteiger partial charge on any atom is 0.235 e. The summed E-state index contributed by atoms with van der Waals surface area (Å²) in [5.41, 5.74) is 12.8. The van der Waals surface area contributed by atoms with Gasteiger partial charge < -0.3 is 0 Å². The summed E-state index contributed by atoms with van der Waals surface area (Å²) in [6.07, 6.45) is 0. The third-order valence-electron chi connectivity index (χ3n) is 9.44. The standard InChI is InChI=1S/C41H29N3/c1-41(2)33-17-9-6-15-31(33)37-34(41)25-24-30-29-14-8-11-19-36(29)44(39(30)37)40-42-35-18-10-7-16-32(35)38(43-40)28-22-20-27(21-23-28)26-12-4-3-5-13-26/h3-25H,1-2H3. The Morgan fingerprint density at radius 2 is 1.16 bits per heavy atom. The van der Waals surface area contributed by atoms with Gasteiger partial charge in [-0.15, -0.1) is 0 Å². The van der Waals surface area contributed by atoms with E-state index in [1.165, 1.54) is 49.7 Å². The van der Waals surface area contributed by atoms with Crippen LogP contribution < -0.4 is 0 Å². The average molecular weight is 564 g/mol. The Morgan fingerprint density at radius 1 is 0.500 bits per heavy atom. The van der Waals surface area contributed by atoms with Crippen LogP contribution in [-0.2, 0) is 5.41 Å². The van der Waals surface area contributed by atoms with Crippen molar-refractivity contribution < 1.29 is 0 Å². The molecule has 1 aliphatic carbocycles. The topological polar surface area (TPSA) is 30.7 Å². The fraction of sp³-hybridized carbons (Fsp3) is 0.0732. The largest absolute Gasteiger partial charge is 0.277 e. The zero-order valence-electron chi connectivity index (χ0n) is 24.6. The summed E-state index contributed by atoms with van der Waals surface area (Å²) < 4.78 is 2.30. The Kier molecular flexibility index (Phi) is 5.24. The molecule has 0 radical (unpaired) electrons. The lowest BCUT2D eigenvalue weighted by atomic mass is 9.82. The van der Waals surface area contributed by atoms with Gasteiger partial charge in [0, 0.05) is 32.7 Å². The monoisotopic (exact) mass is 563 g/mol. The van der Waals surface area contributed by atoms with E-state index in [9.17, 15) is 0 Å². The number of fused-ring (bicyclic) bond motifs is 8. The first-order valence-electron chi connectivity index (χ1n) is 15.2. The second-order valence-corrected chi connectivity index (χ2v) is 12.2. The summed E-state index contributed by atoms with van der Waals surface area (Å²) >= 11 is 0. The minimum atomic E-state index is -0.0999. The van der Waals surface area contributed by atoms with Crippen molar-refractivity contribution in [3.8, 4) is 39.5 Å². The lowest BCUT2D eigenvalue weighted by molar-refractivity contribution is 0.661. The fourth-order valence-electron chi connectivity index (χ4n) is 7.29. The first-order chi connectivity index (χ1) is 21.6. The zero-order valence-corrected chi connectivity index (χ0v) is 24.6. The van der Waals surface area contributed by atoms with Crippen LogP contribution in [0.25, 0.3) is 72.2 Å². The molecule has 44 heavy (non-hydrogen) atoms. The molecule has 9 rings (SSSR count). The van der Waals surface area contributed by atoms with Gasteiger partial charge in [0.1, 0.15) is 0 Å². The molecule has 2 heterocycles. The van der Waals surface area contributed by atoms with Gasteiger partial charge in [-0.05, 0) is 39.9 Å². The molecule has 208 valence electrons. The molecular formula is C41H29N3. The molecule has 3 nitrogen and oxygen atoms in total. The van der Waals surface area contributed by atoms with Crippen molar-refractivity contribution in [2.24, 2.45) is 0 Å². The van der Waals surface area contributed by atoms with Crippen molar-refractivity contribution in [3.05, 3.63) is 151 Å². The summed E-state index contributed by atoms with van der Waals surface area (Å²) in [5.74, 6) is 0.688. The van der Waals surface area contributed by atoms with Crippen LogP contribution in [0.5, 0.6) is 0 Å². The highest BCUT2D eigenvalue weighted by Crippen LogP contribution is 2.52. The van der Waals surface area contributed by atoms with Crippen LogP contribution in [0, 0.1) is 0 Å². The van der Waals surface area contributed by atoms with Gasteiger partial charge in [-0.2, -0.15) is 0 Å². The summed E-state index contributed by atoms with van der Waals surface area (Å²) in [4.78, 5) is 10.6. The SMILES string of the molecule is CC1(C)c2ccccc2-c2c1ccc1c3ccccc3n(-c3nc(-c4ccc(-c5ccccc5)cc4)c4ccccc4n3)c21. The van der Waals surface area contributed by atoms with E-state index in [0.717, 1.165) is 27.7 Å². The Labute approximate surface area is 256 Å².